The number of carboxylic acid groups (broad SMARTS) is 1. The number of nitrogens with one attached hydrogen (secondary N) is 2. The van der Waals surface area contributed by atoms with Gasteiger partial charge in [-0.2, -0.15) is 18.4 Å². The molecule has 0 fully saturated rings. The van der Waals surface area contributed by atoms with E-state index in [4.69, 9.17) is 5.11 Å². The molecule has 0 saturated heterocycles. The fourth-order valence-corrected chi connectivity index (χ4v) is 4.96. The van der Waals surface area contributed by atoms with E-state index in [-0.39, 0.29) is 30.6 Å². The summed E-state index contributed by atoms with van der Waals surface area (Å²) in [6, 6.07) is 18.4. The van der Waals surface area contributed by atoms with Crippen molar-refractivity contribution in [3.63, 3.8) is 0 Å². The van der Waals surface area contributed by atoms with Crippen molar-refractivity contribution < 1.29 is 32.7 Å². The molecule has 1 aliphatic rings. The van der Waals surface area contributed by atoms with E-state index >= 15 is 0 Å². The number of rotatable bonds is 10. The van der Waals surface area contributed by atoms with Gasteiger partial charge in [-0.1, -0.05) is 42.5 Å². The SMILES string of the molecule is N#Cc1cc(NC(=O)C(Cc2ccc(C(=O)NCCC(=O)O)cc2)c2ccc(C3=CCCCC3)cc2)cc(C(F)(F)F)c1. The summed E-state index contributed by atoms with van der Waals surface area (Å²) in [5.41, 5.74) is 2.54. The van der Waals surface area contributed by atoms with Crippen LogP contribution in [-0.4, -0.2) is 29.4 Å². The van der Waals surface area contributed by atoms with Gasteiger partial charge in [-0.25, -0.2) is 0 Å². The fraction of sp³-hybridized carbons (Fsp3) is 0.273. The molecule has 3 aromatic carbocycles. The van der Waals surface area contributed by atoms with Crippen LogP contribution in [0, 0.1) is 11.3 Å². The number of aliphatic carboxylic acids is 1. The van der Waals surface area contributed by atoms with E-state index in [0.717, 1.165) is 43.4 Å². The molecular weight excluding hydrogens is 559 g/mol. The van der Waals surface area contributed by atoms with E-state index < -0.39 is 35.4 Å². The largest absolute Gasteiger partial charge is 0.481 e. The molecule has 10 heteroatoms. The van der Waals surface area contributed by atoms with E-state index in [2.05, 4.69) is 16.7 Å². The first-order valence-electron chi connectivity index (χ1n) is 13.8. The third kappa shape index (κ3) is 8.55. The zero-order valence-electron chi connectivity index (χ0n) is 23.2. The lowest BCUT2D eigenvalue weighted by molar-refractivity contribution is -0.138. The van der Waals surface area contributed by atoms with Gasteiger partial charge in [0.1, 0.15) is 0 Å². The molecule has 43 heavy (non-hydrogen) atoms. The minimum atomic E-state index is -4.70. The average Bonchev–Trinajstić information content (AvgIpc) is 2.99. The molecule has 222 valence electrons. The Labute approximate surface area is 247 Å². The third-order valence-electron chi connectivity index (χ3n) is 7.23. The number of amides is 2. The molecule has 1 unspecified atom stereocenters. The smallest absolute Gasteiger partial charge is 0.416 e. The number of allylic oxidation sites excluding steroid dienone is 2. The zero-order valence-corrected chi connectivity index (χ0v) is 23.2. The molecule has 3 N–H and O–H groups in total. The number of nitriles is 1. The van der Waals surface area contributed by atoms with Crippen LogP contribution in [0.4, 0.5) is 18.9 Å². The Bertz CT molecular complexity index is 1560. The standard InChI is InChI=1S/C33H30F3N3O4/c34-33(35,36)27-16-22(20-37)17-28(19-27)39-32(43)29(25-12-10-24(11-13-25)23-4-2-1-3-5-23)18-21-6-8-26(9-7-21)31(42)38-15-14-30(40)41/h4,6-13,16-17,19,29H,1-3,5,14-15,18H2,(H,38,42)(H,39,43)(H,40,41). The van der Waals surface area contributed by atoms with Crippen LogP contribution in [0.1, 0.15) is 76.2 Å². The van der Waals surface area contributed by atoms with Gasteiger partial charge in [0.2, 0.25) is 5.91 Å². The second-order valence-electron chi connectivity index (χ2n) is 10.3. The monoisotopic (exact) mass is 589 g/mol. The highest BCUT2D eigenvalue weighted by molar-refractivity contribution is 5.97. The first kappa shape index (κ1) is 31.0. The Balaban J connectivity index is 1.59. The number of carbonyl (C=O) groups excluding carboxylic acids is 2. The van der Waals surface area contributed by atoms with Crippen LogP contribution in [0.2, 0.25) is 0 Å². The molecule has 0 bridgehead atoms. The molecular formula is C33H30F3N3O4. The molecule has 0 spiro atoms. The molecule has 1 atom stereocenters. The molecule has 0 aliphatic heterocycles. The number of alkyl halides is 3. The predicted octanol–water partition coefficient (Wildman–Crippen LogP) is 6.70. The van der Waals surface area contributed by atoms with E-state index in [1.54, 1.807) is 30.3 Å². The van der Waals surface area contributed by atoms with Crippen molar-refractivity contribution >= 4 is 29.0 Å². The second kappa shape index (κ2) is 13.8. The molecule has 4 rings (SSSR count). The maximum atomic E-state index is 13.6. The number of carboxylic acids is 1. The Kier molecular flexibility index (Phi) is 9.99. The van der Waals surface area contributed by atoms with Gasteiger partial charge in [0, 0.05) is 17.8 Å². The van der Waals surface area contributed by atoms with Gasteiger partial charge in [-0.15, -0.1) is 0 Å². The summed E-state index contributed by atoms with van der Waals surface area (Å²) < 4.78 is 40.3. The second-order valence-corrected chi connectivity index (χ2v) is 10.3. The highest BCUT2D eigenvalue weighted by Gasteiger charge is 2.32. The van der Waals surface area contributed by atoms with Crippen molar-refractivity contribution in [2.75, 3.05) is 11.9 Å². The Morgan fingerprint density at radius 1 is 0.977 bits per heavy atom. The quantitative estimate of drug-likeness (QED) is 0.243. The zero-order chi connectivity index (χ0) is 31.0. The van der Waals surface area contributed by atoms with Crippen LogP contribution in [0.25, 0.3) is 5.57 Å². The fourth-order valence-electron chi connectivity index (χ4n) is 4.96. The summed E-state index contributed by atoms with van der Waals surface area (Å²) in [4.78, 5) is 36.6. The van der Waals surface area contributed by atoms with Gasteiger partial charge in [0.25, 0.3) is 5.91 Å². The van der Waals surface area contributed by atoms with Gasteiger partial charge in [-0.05, 0) is 84.7 Å². The number of hydrogen-bond acceptors (Lipinski definition) is 4. The van der Waals surface area contributed by atoms with Crippen molar-refractivity contribution in [1.29, 1.82) is 5.26 Å². The topological polar surface area (TPSA) is 119 Å². The summed E-state index contributed by atoms with van der Waals surface area (Å²) in [6.45, 7) is -0.0197. The third-order valence-corrected chi connectivity index (χ3v) is 7.23. The number of carbonyl (C=O) groups is 3. The normalized spacial score (nSPS) is 13.8. The van der Waals surface area contributed by atoms with Crippen molar-refractivity contribution in [3.8, 4) is 6.07 Å². The van der Waals surface area contributed by atoms with Gasteiger partial charge in [-0.3, -0.25) is 14.4 Å². The van der Waals surface area contributed by atoms with Crippen LogP contribution >= 0.6 is 0 Å². The molecule has 7 nitrogen and oxygen atoms in total. The van der Waals surface area contributed by atoms with E-state index in [0.29, 0.717) is 16.7 Å². The number of benzene rings is 3. The van der Waals surface area contributed by atoms with Crippen molar-refractivity contribution in [1.82, 2.24) is 5.32 Å². The lowest BCUT2D eigenvalue weighted by Crippen LogP contribution is -2.26. The number of halogens is 3. The highest BCUT2D eigenvalue weighted by Crippen LogP contribution is 2.33. The maximum Gasteiger partial charge on any atom is 0.416 e. The Morgan fingerprint density at radius 2 is 1.70 bits per heavy atom. The van der Waals surface area contributed by atoms with Gasteiger partial charge in [0.15, 0.2) is 0 Å². The Hall–Kier alpha value is -4.91. The van der Waals surface area contributed by atoms with Crippen LogP contribution in [-0.2, 0) is 22.2 Å². The first-order chi connectivity index (χ1) is 20.5. The molecule has 0 heterocycles. The minimum Gasteiger partial charge on any atom is -0.481 e. The van der Waals surface area contributed by atoms with Crippen molar-refractivity contribution in [2.45, 2.75) is 50.6 Å². The summed E-state index contributed by atoms with van der Waals surface area (Å²) in [7, 11) is 0. The van der Waals surface area contributed by atoms with E-state index in [9.17, 15) is 32.8 Å². The van der Waals surface area contributed by atoms with Crippen LogP contribution in [0.3, 0.4) is 0 Å². The van der Waals surface area contributed by atoms with Crippen LogP contribution in [0.15, 0.2) is 72.8 Å². The molecule has 3 aromatic rings. The minimum absolute atomic E-state index is 0.0197. The maximum absolute atomic E-state index is 13.6. The van der Waals surface area contributed by atoms with Gasteiger partial charge >= 0.3 is 12.1 Å². The molecule has 2 amide bonds. The molecule has 0 aromatic heterocycles. The average molecular weight is 590 g/mol. The number of anilines is 1. The summed E-state index contributed by atoms with van der Waals surface area (Å²) >= 11 is 0. The molecule has 0 saturated carbocycles. The number of nitrogens with zero attached hydrogens (tertiary/aromatic N) is 1. The van der Waals surface area contributed by atoms with E-state index in [1.807, 2.05) is 24.3 Å². The molecule has 1 aliphatic carbocycles. The van der Waals surface area contributed by atoms with Crippen molar-refractivity contribution in [2.24, 2.45) is 0 Å². The number of hydrogen-bond donors (Lipinski definition) is 3. The van der Waals surface area contributed by atoms with Crippen LogP contribution in [0.5, 0.6) is 0 Å². The summed E-state index contributed by atoms with van der Waals surface area (Å²) in [5, 5.41) is 23.1. The molecule has 0 radical (unpaired) electrons. The van der Waals surface area contributed by atoms with Gasteiger partial charge in [0.05, 0.1) is 29.5 Å². The van der Waals surface area contributed by atoms with E-state index in [1.165, 1.54) is 11.6 Å². The first-order valence-corrected chi connectivity index (χ1v) is 13.8. The lowest BCUT2D eigenvalue weighted by Gasteiger charge is -2.20. The predicted molar refractivity (Wildman–Crippen MR) is 155 cm³/mol. The summed E-state index contributed by atoms with van der Waals surface area (Å²) in [6.07, 6.45) is 1.72. The highest BCUT2D eigenvalue weighted by atomic mass is 19.4. The van der Waals surface area contributed by atoms with Crippen LogP contribution < -0.4 is 10.6 Å². The van der Waals surface area contributed by atoms with Gasteiger partial charge < -0.3 is 15.7 Å². The van der Waals surface area contributed by atoms with Crippen molar-refractivity contribution in [3.05, 3.63) is 106 Å². The summed E-state index contributed by atoms with van der Waals surface area (Å²) in [5.74, 6) is -2.82. The Morgan fingerprint density at radius 3 is 2.30 bits per heavy atom. The lowest BCUT2D eigenvalue weighted by atomic mass is 9.88.